The summed E-state index contributed by atoms with van der Waals surface area (Å²) >= 11 is 0. The normalized spacial score (nSPS) is 15.5. The van der Waals surface area contributed by atoms with Crippen molar-refractivity contribution in [2.75, 3.05) is 45.3 Å². The monoisotopic (exact) mass is 405 g/mol. The highest BCUT2D eigenvalue weighted by Crippen LogP contribution is 2.25. The summed E-state index contributed by atoms with van der Waals surface area (Å²) < 4.78 is 10.8. The Balaban J connectivity index is 1.46. The van der Waals surface area contributed by atoms with Gasteiger partial charge in [-0.25, -0.2) is 4.79 Å². The Hall–Kier alpha value is -3.09. The van der Waals surface area contributed by atoms with Gasteiger partial charge in [0, 0.05) is 25.0 Å². The highest BCUT2D eigenvalue weighted by Gasteiger charge is 2.23. The molecule has 1 fully saturated rings. The SMILES string of the molecule is COc1ccc(C(CNC(=O)Nc2cccc3ccccc23)N2CCOCC2)cc1. The third-order valence-electron chi connectivity index (χ3n) is 5.48. The molecule has 1 heterocycles. The highest BCUT2D eigenvalue weighted by molar-refractivity contribution is 6.01. The second kappa shape index (κ2) is 9.61. The van der Waals surface area contributed by atoms with Crippen LogP contribution in [0.25, 0.3) is 10.8 Å². The number of fused-ring (bicyclic) bond motifs is 1. The van der Waals surface area contributed by atoms with Gasteiger partial charge in [-0.3, -0.25) is 4.90 Å². The van der Waals surface area contributed by atoms with Gasteiger partial charge in [-0.1, -0.05) is 48.5 Å². The Labute approximate surface area is 176 Å². The van der Waals surface area contributed by atoms with Crippen molar-refractivity contribution in [3.05, 3.63) is 72.3 Å². The largest absolute Gasteiger partial charge is 0.497 e. The van der Waals surface area contributed by atoms with Crippen LogP contribution in [0.3, 0.4) is 0 Å². The molecule has 0 radical (unpaired) electrons. The summed E-state index contributed by atoms with van der Waals surface area (Å²) in [5, 5.41) is 8.18. The van der Waals surface area contributed by atoms with Gasteiger partial charge in [0.2, 0.25) is 0 Å². The van der Waals surface area contributed by atoms with Crippen molar-refractivity contribution in [2.45, 2.75) is 6.04 Å². The number of methoxy groups -OCH3 is 1. The second-order valence-electron chi connectivity index (χ2n) is 7.30. The number of benzene rings is 3. The first-order valence-electron chi connectivity index (χ1n) is 10.2. The molecule has 1 unspecified atom stereocenters. The molecule has 3 aromatic rings. The first kappa shape index (κ1) is 20.2. The number of urea groups is 1. The summed E-state index contributed by atoms with van der Waals surface area (Å²) in [5.41, 5.74) is 1.95. The number of rotatable bonds is 6. The molecule has 0 aromatic heterocycles. The third-order valence-corrected chi connectivity index (χ3v) is 5.48. The molecule has 3 aromatic carbocycles. The smallest absolute Gasteiger partial charge is 0.319 e. The van der Waals surface area contributed by atoms with E-state index in [0.717, 1.165) is 40.9 Å². The van der Waals surface area contributed by atoms with Gasteiger partial charge in [0.05, 0.1) is 32.1 Å². The molecule has 6 nitrogen and oxygen atoms in total. The molecule has 30 heavy (non-hydrogen) atoms. The summed E-state index contributed by atoms with van der Waals surface area (Å²) in [4.78, 5) is 15.0. The number of amides is 2. The van der Waals surface area contributed by atoms with Gasteiger partial charge < -0.3 is 20.1 Å². The van der Waals surface area contributed by atoms with Gasteiger partial charge in [-0.05, 0) is 29.1 Å². The molecule has 1 aliphatic heterocycles. The summed E-state index contributed by atoms with van der Waals surface area (Å²) in [6, 6.07) is 21.8. The van der Waals surface area contributed by atoms with Gasteiger partial charge in [-0.15, -0.1) is 0 Å². The zero-order valence-electron chi connectivity index (χ0n) is 17.1. The predicted octanol–water partition coefficient (Wildman–Crippen LogP) is 4.04. The lowest BCUT2D eigenvalue weighted by atomic mass is 10.0. The number of morpholine rings is 1. The fraction of sp³-hybridized carbons (Fsp3) is 0.292. The number of carbonyl (C=O) groups excluding carboxylic acids is 1. The van der Waals surface area contributed by atoms with Crippen molar-refractivity contribution < 1.29 is 14.3 Å². The van der Waals surface area contributed by atoms with E-state index < -0.39 is 0 Å². The van der Waals surface area contributed by atoms with Gasteiger partial charge in [0.15, 0.2) is 0 Å². The summed E-state index contributed by atoms with van der Waals surface area (Å²) in [5.74, 6) is 0.820. The molecular weight excluding hydrogens is 378 g/mol. The Bertz CT molecular complexity index is 979. The second-order valence-corrected chi connectivity index (χ2v) is 7.30. The van der Waals surface area contributed by atoms with Crippen molar-refractivity contribution in [3.63, 3.8) is 0 Å². The molecule has 0 spiro atoms. The highest BCUT2D eigenvalue weighted by atomic mass is 16.5. The predicted molar refractivity (Wildman–Crippen MR) is 119 cm³/mol. The van der Waals surface area contributed by atoms with E-state index in [1.807, 2.05) is 54.6 Å². The van der Waals surface area contributed by atoms with Crippen molar-refractivity contribution in [1.82, 2.24) is 10.2 Å². The number of nitrogens with zero attached hydrogens (tertiary/aromatic N) is 1. The quantitative estimate of drug-likeness (QED) is 0.650. The molecule has 4 rings (SSSR count). The molecule has 0 bridgehead atoms. The van der Waals surface area contributed by atoms with Crippen LogP contribution in [0.4, 0.5) is 10.5 Å². The molecule has 0 saturated carbocycles. The Kier molecular flexibility index (Phi) is 6.47. The maximum atomic E-state index is 12.7. The first-order chi connectivity index (χ1) is 14.7. The average Bonchev–Trinajstić information content (AvgIpc) is 2.80. The molecule has 6 heteroatoms. The lowest BCUT2D eigenvalue weighted by Crippen LogP contribution is -2.44. The van der Waals surface area contributed by atoms with Crippen LogP contribution in [0.2, 0.25) is 0 Å². The molecular formula is C24H27N3O3. The third kappa shape index (κ3) is 4.72. The van der Waals surface area contributed by atoms with Crippen LogP contribution in [-0.2, 0) is 4.74 Å². The topological polar surface area (TPSA) is 62.8 Å². The number of hydrogen-bond acceptors (Lipinski definition) is 4. The Morgan fingerprint density at radius 3 is 2.53 bits per heavy atom. The first-order valence-corrected chi connectivity index (χ1v) is 10.2. The average molecular weight is 405 g/mol. The molecule has 0 aliphatic carbocycles. The van der Waals surface area contributed by atoms with E-state index in [9.17, 15) is 4.79 Å². The zero-order chi connectivity index (χ0) is 20.8. The van der Waals surface area contributed by atoms with E-state index in [1.54, 1.807) is 7.11 Å². The van der Waals surface area contributed by atoms with Crippen LogP contribution in [0, 0.1) is 0 Å². The fourth-order valence-corrected chi connectivity index (χ4v) is 3.86. The van der Waals surface area contributed by atoms with E-state index in [0.29, 0.717) is 19.8 Å². The maximum absolute atomic E-state index is 12.7. The van der Waals surface area contributed by atoms with Crippen molar-refractivity contribution in [1.29, 1.82) is 0 Å². The van der Waals surface area contributed by atoms with Crippen LogP contribution in [0.1, 0.15) is 11.6 Å². The summed E-state index contributed by atoms with van der Waals surface area (Å²) in [6.07, 6.45) is 0. The molecule has 1 aliphatic rings. The van der Waals surface area contributed by atoms with Crippen LogP contribution >= 0.6 is 0 Å². The standard InChI is InChI=1S/C24H27N3O3/c1-29-20-11-9-19(10-12-20)23(27-13-15-30-16-14-27)17-25-24(28)26-22-8-4-6-18-5-2-3-7-21(18)22/h2-12,23H,13-17H2,1H3,(H2,25,26,28). The zero-order valence-corrected chi connectivity index (χ0v) is 17.1. The Morgan fingerprint density at radius 1 is 1.03 bits per heavy atom. The van der Waals surface area contributed by atoms with Crippen LogP contribution in [0.5, 0.6) is 5.75 Å². The number of carbonyl (C=O) groups is 1. The minimum absolute atomic E-state index is 0.0677. The van der Waals surface area contributed by atoms with Crippen molar-refractivity contribution >= 4 is 22.5 Å². The number of hydrogen-bond donors (Lipinski definition) is 2. The number of anilines is 1. The molecule has 2 amide bonds. The van der Waals surface area contributed by atoms with Gasteiger partial charge in [0.25, 0.3) is 0 Å². The van der Waals surface area contributed by atoms with Gasteiger partial charge in [0.1, 0.15) is 5.75 Å². The minimum Gasteiger partial charge on any atom is -0.497 e. The van der Waals surface area contributed by atoms with Gasteiger partial charge in [-0.2, -0.15) is 0 Å². The summed E-state index contributed by atoms with van der Waals surface area (Å²) in [7, 11) is 1.66. The van der Waals surface area contributed by atoms with E-state index in [-0.39, 0.29) is 12.1 Å². The van der Waals surface area contributed by atoms with Crippen molar-refractivity contribution in [2.24, 2.45) is 0 Å². The molecule has 156 valence electrons. The Morgan fingerprint density at radius 2 is 1.77 bits per heavy atom. The summed E-state index contributed by atoms with van der Waals surface area (Å²) in [6.45, 7) is 3.58. The lowest BCUT2D eigenvalue weighted by Gasteiger charge is -2.35. The maximum Gasteiger partial charge on any atom is 0.319 e. The van der Waals surface area contributed by atoms with E-state index >= 15 is 0 Å². The fourth-order valence-electron chi connectivity index (χ4n) is 3.86. The van der Waals surface area contributed by atoms with Crippen LogP contribution in [-0.4, -0.2) is 50.9 Å². The van der Waals surface area contributed by atoms with E-state index in [2.05, 4.69) is 27.7 Å². The van der Waals surface area contributed by atoms with Gasteiger partial charge >= 0.3 is 6.03 Å². The molecule has 1 saturated heterocycles. The van der Waals surface area contributed by atoms with Crippen LogP contribution in [0.15, 0.2) is 66.7 Å². The number of nitrogens with one attached hydrogen (secondary N) is 2. The molecule has 2 N–H and O–H groups in total. The van der Waals surface area contributed by atoms with E-state index in [1.165, 1.54) is 0 Å². The lowest BCUT2D eigenvalue weighted by molar-refractivity contribution is 0.0167. The van der Waals surface area contributed by atoms with Crippen molar-refractivity contribution in [3.8, 4) is 5.75 Å². The number of ether oxygens (including phenoxy) is 2. The van der Waals surface area contributed by atoms with Crippen LogP contribution < -0.4 is 15.4 Å². The minimum atomic E-state index is -0.210. The van der Waals surface area contributed by atoms with E-state index in [4.69, 9.17) is 9.47 Å². The molecule has 1 atom stereocenters.